The molecule has 106 valence electrons. The van der Waals surface area contributed by atoms with Crippen LogP contribution in [-0.2, 0) is 11.2 Å². The summed E-state index contributed by atoms with van der Waals surface area (Å²) in [6.07, 6.45) is 0.487. The van der Waals surface area contributed by atoms with Crippen molar-refractivity contribution in [1.29, 1.82) is 0 Å². The predicted molar refractivity (Wildman–Crippen MR) is 81.5 cm³/mol. The first-order valence-corrected chi connectivity index (χ1v) is 7.00. The van der Waals surface area contributed by atoms with E-state index in [2.05, 4.69) is 16.4 Å². The van der Waals surface area contributed by atoms with Gasteiger partial charge < -0.3 is 10.3 Å². The van der Waals surface area contributed by atoms with Crippen LogP contribution < -0.4 is 10.9 Å². The zero-order valence-corrected chi connectivity index (χ0v) is 12.3. The third-order valence-corrected chi connectivity index (χ3v) is 3.62. The summed E-state index contributed by atoms with van der Waals surface area (Å²) in [5.74, 6) is -0.289. The number of rotatable bonds is 4. The van der Waals surface area contributed by atoms with Gasteiger partial charge in [-0.15, -0.1) is 11.6 Å². The topological polar surface area (TPSA) is 62.0 Å². The largest absolute Gasteiger partial charge is 0.355 e. The van der Waals surface area contributed by atoms with E-state index < -0.39 is 0 Å². The van der Waals surface area contributed by atoms with Gasteiger partial charge >= 0.3 is 0 Å². The molecule has 1 aromatic heterocycles. The molecule has 0 aliphatic heterocycles. The number of aromatic nitrogens is 1. The molecule has 0 saturated carbocycles. The van der Waals surface area contributed by atoms with Gasteiger partial charge in [-0.25, -0.2) is 0 Å². The summed E-state index contributed by atoms with van der Waals surface area (Å²) in [4.78, 5) is 25.9. The molecule has 2 rings (SSSR count). The Bertz CT molecular complexity index is 707. The van der Waals surface area contributed by atoms with Crippen LogP contribution in [0.1, 0.15) is 16.7 Å². The molecule has 5 heteroatoms. The molecule has 0 radical (unpaired) electrons. The molecule has 1 heterocycles. The fourth-order valence-electron chi connectivity index (χ4n) is 2.09. The molecule has 1 aromatic carbocycles. The zero-order chi connectivity index (χ0) is 14.7. The Kier molecular flexibility index (Phi) is 4.45. The molecule has 4 nitrogen and oxygen atoms in total. The molecule has 0 spiro atoms. The fraction of sp³-hybridized carbons (Fsp3) is 0.333. The number of hydrogen-bond acceptors (Lipinski definition) is 2. The molecule has 0 bridgehead atoms. The third kappa shape index (κ3) is 3.20. The maximum absolute atomic E-state index is 12.0. The molecule has 2 aromatic rings. The summed E-state index contributed by atoms with van der Waals surface area (Å²) < 4.78 is 0. The van der Waals surface area contributed by atoms with E-state index in [1.54, 1.807) is 0 Å². The number of aromatic amines is 1. The van der Waals surface area contributed by atoms with E-state index in [9.17, 15) is 9.59 Å². The summed E-state index contributed by atoms with van der Waals surface area (Å²) in [6, 6.07) is 5.92. The highest BCUT2D eigenvalue weighted by Gasteiger charge is 2.05. The normalized spacial score (nSPS) is 10.8. The van der Waals surface area contributed by atoms with Gasteiger partial charge in [-0.1, -0.05) is 0 Å². The minimum Gasteiger partial charge on any atom is -0.355 e. The summed E-state index contributed by atoms with van der Waals surface area (Å²) in [7, 11) is 0. The lowest BCUT2D eigenvalue weighted by molar-refractivity contribution is -0.118. The first kappa shape index (κ1) is 14.6. The van der Waals surface area contributed by atoms with Gasteiger partial charge in [0.05, 0.1) is 0 Å². The number of fused-ring (bicyclic) bond motifs is 1. The second-order valence-corrected chi connectivity index (χ2v) is 5.15. The van der Waals surface area contributed by atoms with Gasteiger partial charge in [-0.3, -0.25) is 9.59 Å². The van der Waals surface area contributed by atoms with Crippen LogP contribution in [-0.4, -0.2) is 23.3 Å². The second kappa shape index (κ2) is 6.09. The van der Waals surface area contributed by atoms with Crippen molar-refractivity contribution < 1.29 is 4.79 Å². The van der Waals surface area contributed by atoms with E-state index in [0.29, 0.717) is 18.5 Å². The minimum absolute atomic E-state index is 0.0629. The number of benzene rings is 1. The quantitative estimate of drug-likeness (QED) is 0.847. The molecule has 1 amide bonds. The van der Waals surface area contributed by atoms with Crippen LogP contribution in [0.4, 0.5) is 0 Å². The molecule has 0 aliphatic rings. The molecular weight excluding hydrogens is 276 g/mol. The molecule has 2 N–H and O–H groups in total. The zero-order valence-electron chi connectivity index (χ0n) is 11.5. The molecule has 0 saturated heterocycles. The SMILES string of the molecule is Cc1cc2cc(CCNC(=O)CCl)c(=O)[nH]c2cc1C. The molecule has 0 fully saturated rings. The lowest BCUT2D eigenvalue weighted by Crippen LogP contribution is -2.28. The van der Waals surface area contributed by atoms with Gasteiger partial charge in [0, 0.05) is 17.6 Å². The Hall–Kier alpha value is -1.81. The molecule has 0 unspecified atom stereocenters. The van der Waals surface area contributed by atoms with Gasteiger partial charge in [0.2, 0.25) is 5.91 Å². The lowest BCUT2D eigenvalue weighted by Gasteiger charge is -2.07. The van der Waals surface area contributed by atoms with Crippen LogP contribution in [0.25, 0.3) is 10.9 Å². The van der Waals surface area contributed by atoms with Gasteiger partial charge in [-0.05, 0) is 55.0 Å². The summed E-state index contributed by atoms with van der Waals surface area (Å²) in [6.45, 7) is 4.47. The number of aryl methyl sites for hydroxylation is 2. The van der Waals surface area contributed by atoms with E-state index in [-0.39, 0.29) is 17.3 Å². The smallest absolute Gasteiger partial charge is 0.251 e. The van der Waals surface area contributed by atoms with Crippen LogP contribution in [0.3, 0.4) is 0 Å². The van der Waals surface area contributed by atoms with Gasteiger partial charge in [0.15, 0.2) is 0 Å². The van der Waals surface area contributed by atoms with Crippen molar-refractivity contribution in [1.82, 2.24) is 10.3 Å². The average molecular weight is 293 g/mol. The highest BCUT2D eigenvalue weighted by molar-refractivity contribution is 6.27. The van der Waals surface area contributed by atoms with Crippen molar-refractivity contribution in [2.45, 2.75) is 20.3 Å². The van der Waals surface area contributed by atoms with Gasteiger partial charge in [0.1, 0.15) is 5.88 Å². The Labute approximate surface area is 122 Å². The van der Waals surface area contributed by atoms with E-state index in [1.165, 1.54) is 5.56 Å². The first-order valence-electron chi connectivity index (χ1n) is 6.47. The highest BCUT2D eigenvalue weighted by Crippen LogP contribution is 2.17. The predicted octanol–water partition coefficient (Wildman–Crippen LogP) is 2.04. The summed E-state index contributed by atoms with van der Waals surface area (Å²) in [5, 5.41) is 3.66. The van der Waals surface area contributed by atoms with Crippen LogP contribution in [0.5, 0.6) is 0 Å². The second-order valence-electron chi connectivity index (χ2n) is 4.88. The Morgan fingerprint density at radius 1 is 1.25 bits per heavy atom. The van der Waals surface area contributed by atoms with Crippen LogP contribution in [0, 0.1) is 13.8 Å². The van der Waals surface area contributed by atoms with E-state index in [1.807, 2.05) is 26.0 Å². The Morgan fingerprint density at radius 2 is 1.95 bits per heavy atom. The highest BCUT2D eigenvalue weighted by atomic mass is 35.5. The van der Waals surface area contributed by atoms with Crippen molar-refractivity contribution in [3.63, 3.8) is 0 Å². The van der Waals surface area contributed by atoms with Crippen molar-refractivity contribution in [2.24, 2.45) is 0 Å². The molecule has 20 heavy (non-hydrogen) atoms. The Morgan fingerprint density at radius 3 is 2.65 bits per heavy atom. The number of hydrogen-bond donors (Lipinski definition) is 2. The van der Waals surface area contributed by atoms with Gasteiger partial charge in [0.25, 0.3) is 5.56 Å². The van der Waals surface area contributed by atoms with Crippen LogP contribution >= 0.6 is 11.6 Å². The van der Waals surface area contributed by atoms with Crippen molar-refractivity contribution in [3.05, 3.63) is 45.2 Å². The Balaban J connectivity index is 2.26. The number of halogens is 1. The van der Waals surface area contributed by atoms with E-state index in [4.69, 9.17) is 11.6 Å². The van der Waals surface area contributed by atoms with E-state index in [0.717, 1.165) is 16.5 Å². The fourth-order valence-corrected chi connectivity index (χ4v) is 2.19. The number of H-pyrrole nitrogens is 1. The van der Waals surface area contributed by atoms with Crippen LogP contribution in [0.15, 0.2) is 23.0 Å². The standard InChI is InChI=1S/C15H17ClN2O2/c1-9-5-12-7-11(3-4-17-14(19)8-16)15(20)18-13(12)6-10(9)2/h5-7H,3-4,8H2,1-2H3,(H,17,19)(H,18,20). The molecule has 0 atom stereocenters. The van der Waals surface area contributed by atoms with Gasteiger partial charge in [-0.2, -0.15) is 0 Å². The number of amides is 1. The number of carbonyl (C=O) groups excluding carboxylic acids is 1. The third-order valence-electron chi connectivity index (χ3n) is 3.37. The van der Waals surface area contributed by atoms with Crippen molar-refractivity contribution in [3.8, 4) is 0 Å². The van der Waals surface area contributed by atoms with Crippen molar-refractivity contribution in [2.75, 3.05) is 12.4 Å². The number of nitrogens with one attached hydrogen (secondary N) is 2. The number of pyridine rings is 1. The summed E-state index contributed by atoms with van der Waals surface area (Å²) in [5.41, 5.74) is 3.73. The molecular formula is C15H17ClN2O2. The minimum atomic E-state index is -0.227. The van der Waals surface area contributed by atoms with Crippen LogP contribution in [0.2, 0.25) is 0 Å². The molecule has 0 aliphatic carbocycles. The first-order chi connectivity index (χ1) is 9.51. The maximum Gasteiger partial charge on any atom is 0.251 e. The summed E-state index contributed by atoms with van der Waals surface area (Å²) >= 11 is 5.40. The monoisotopic (exact) mass is 292 g/mol. The van der Waals surface area contributed by atoms with Crippen molar-refractivity contribution >= 4 is 28.4 Å². The number of alkyl halides is 1. The average Bonchev–Trinajstić information content (AvgIpc) is 2.41. The number of carbonyl (C=O) groups is 1. The maximum atomic E-state index is 12.0. The van der Waals surface area contributed by atoms with E-state index >= 15 is 0 Å². The lowest BCUT2D eigenvalue weighted by atomic mass is 10.0.